The molecule has 2 aromatic rings. The van der Waals surface area contributed by atoms with Gasteiger partial charge in [-0.15, -0.1) is 0 Å². The Morgan fingerprint density at radius 2 is 1.78 bits per heavy atom. The highest BCUT2D eigenvalue weighted by Gasteiger charge is 2.35. The Hall–Kier alpha value is -2.37. The van der Waals surface area contributed by atoms with E-state index in [1.165, 1.54) is 0 Å². The molecule has 142 valence electrons. The lowest BCUT2D eigenvalue weighted by Crippen LogP contribution is -2.47. The molecule has 0 atom stereocenters. The maximum absolute atomic E-state index is 12.3. The molecule has 2 N–H and O–H groups in total. The third kappa shape index (κ3) is 4.67. The minimum absolute atomic E-state index is 0.220. The molecule has 0 unspecified atom stereocenters. The molecule has 27 heavy (non-hydrogen) atoms. The van der Waals surface area contributed by atoms with E-state index in [0.29, 0.717) is 30.5 Å². The second kappa shape index (κ2) is 8.55. The maximum Gasteiger partial charge on any atom is 0.313 e. The van der Waals surface area contributed by atoms with Crippen LogP contribution in [-0.2, 0) is 19.7 Å². The number of hydrogen-bond donors (Lipinski definition) is 2. The number of benzene rings is 2. The van der Waals surface area contributed by atoms with Crippen molar-refractivity contribution in [1.82, 2.24) is 5.32 Å². The number of halogens is 1. The normalized spacial score (nSPS) is 15.8. The van der Waals surface area contributed by atoms with E-state index >= 15 is 0 Å². The Labute approximate surface area is 164 Å². The highest BCUT2D eigenvalue weighted by atomic mass is 35.5. The average Bonchev–Trinajstić information content (AvgIpc) is 2.70. The van der Waals surface area contributed by atoms with E-state index in [2.05, 4.69) is 22.8 Å². The summed E-state index contributed by atoms with van der Waals surface area (Å²) in [5.41, 5.74) is 2.33. The van der Waals surface area contributed by atoms with Crippen LogP contribution >= 0.6 is 11.6 Å². The van der Waals surface area contributed by atoms with Gasteiger partial charge in [0.05, 0.1) is 0 Å². The standard InChI is InChI=1S/C21H23ClN2O3/c1-15-7-8-17(13-18(15)22)24-20(26)19(25)23-14-21(9-11-27-12-10-21)16-5-3-2-4-6-16/h2-8,13H,9-12,14H2,1H3,(H,23,25)(H,24,26). The smallest absolute Gasteiger partial charge is 0.313 e. The van der Waals surface area contributed by atoms with E-state index in [4.69, 9.17) is 16.3 Å². The van der Waals surface area contributed by atoms with E-state index in [9.17, 15) is 9.59 Å². The Bertz CT molecular complexity index is 817. The molecule has 0 aliphatic carbocycles. The largest absolute Gasteiger partial charge is 0.381 e. The number of rotatable bonds is 4. The van der Waals surface area contributed by atoms with Crippen molar-refractivity contribution in [1.29, 1.82) is 0 Å². The summed E-state index contributed by atoms with van der Waals surface area (Å²) in [4.78, 5) is 24.6. The SMILES string of the molecule is Cc1ccc(NC(=O)C(=O)NCC2(c3ccccc3)CCOCC2)cc1Cl. The van der Waals surface area contributed by atoms with Crippen LogP contribution in [0.25, 0.3) is 0 Å². The Balaban J connectivity index is 1.65. The van der Waals surface area contributed by atoms with Crippen molar-refractivity contribution in [2.45, 2.75) is 25.2 Å². The van der Waals surface area contributed by atoms with Gasteiger partial charge < -0.3 is 15.4 Å². The van der Waals surface area contributed by atoms with Crippen LogP contribution in [0.2, 0.25) is 5.02 Å². The van der Waals surface area contributed by atoms with Crippen LogP contribution in [0.1, 0.15) is 24.0 Å². The van der Waals surface area contributed by atoms with Crippen LogP contribution in [0.5, 0.6) is 0 Å². The van der Waals surface area contributed by atoms with Crippen LogP contribution in [0.4, 0.5) is 5.69 Å². The summed E-state index contributed by atoms with van der Waals surface area (Å²) in [6.07, 6.45) is 1.60. The molecule has 1 aliphatic heterocycles. The zero-order chi connectivity index (χ0) is 19.3. The maximum atomic E-state index is 12.3. The Morgan fingerprint density at radius 3 is 2.44 bits per heavy atom. The van der Waals surface area contributed by atoms with Crippen LogP contribution in [0.3, 0.4) is 0 Å². The first-order valence-corrected chi connectivity index (χ1v) is 9.37. The van der Waals surface area contributed by atoms with Crippen LogP contribution < -0.4 is 10.6 Å². The lowest BCUT2D eigenvalue weighted by Gasteiger charge is -2.37. The quantitative estimate of drug-likeness (QED) is 0.791. The summed E-state index contributed by atoms with van der Waals surface area (Å²) in [5, 5.41) is 5.93. The second-order valence-electron chi connectivity index (χ2n) is 6.86. The van der Waals surface area contributed by atoms with E-state index in [0.717, 1.165) is 24.0 Å². The average molecular weight is 387 g/mol. The van der Waals surface area contributed by atoms with Gasteiger partial charge in [0, 0.05) is 35.9 Å². The lowest BCUT2D eigenvalue weighted by atomic mass is 9.74. The van der Waals surface area contributed by atoms with E-state index in [1.807, 2.05) is 25.1 Å². The monoisotopic (exact) mass is 386 g/mol. The molecule has 1 saturated heterocycles. The fourth-order valence-electron chi connectivity index (χ4n) is 3.31. The first-order valence-electron chi connectivity index (χ1n) is 8.99. The zero-order valence-electron chi connectivity index (χ0n) is 15.3. The Morgan fingerprint density at radius 1 is 1.07 bits per heavy atom. The minimum atomic E-state index is -0.704. The molecule has 0 bridgehead atoms. The van der Waals surface area contributed by atoms with Crippen molar-refractivity contribution in [3.05, 3.63) is 64.7 Å². The van der Waals surface area contributed by atoms with E-state index < -0.39 is 11.8 Å². The van der Waals surface area contributed by atoms with Gasteiger partial charge in [-0.3, -0.25) is 9.59 Å². The van der Waals surface area contributed by atoms with Gasteiger partial charge in [-0.1, -0.05) is 48.0 Å². The van der Waals surface area contributed by atoms with E-state index in [-0.39, 0.29) is 5.41 Å². The Kier molecular flexibility index (Phi) is 6.14. The molecule has 1 fully saturated rings. The fourth-order valence-corrected chi connectivity index (χ4v) is 3.49. The molecule has 6 heteroatoms. The molecule has 1 aliphatic rings. The summed E-state index contributed by atoms with van der Waals surface area (Å²) in [6, 6.07) is 15.2. The van der Waals surface area contributed by atoms with Gasteiger partial charge in [-0.05, 0) is 43.0 Å². The van der Waals surface area contributed by atoms with Crippen molar-refractivity contribution in [2.75, 3.05) is 25.1 Å². The molecule has 3 rings (SSSR count). The summed E-state index contributed by atoms with van der Waals surface area (Å²) in [7, 11) is 0. The van der Waals surface area contributed by atoms with Crippen molar-refractivity contribution in [3.63, 3.8) is 0 Å². The minimum Gasteiger partial charge on any atom is -0.381 e. The summed E-state index contributed by atoms with van der Waals surface area (Å²) in [6.45, 7) is 3.54. The van der Waals surface area contributed by atoms with Crippen LogP contribution in [-0.4, -0.2) is 31.6 Å². The second-order valence-corrected chi connectivity index (χ2v) is 7.27. The summed E-state index contributed by atoms with van der Waals surface area (Å²) < 4.78 is 5.50. The van der Waals surface area contributed by atoms with Gasteiger partial charge in [0.1, 0.15) is 0 Å². The number of carbonyl (C=O) groups is 2. The van der Waals surface area contributed by atoms with Gasteiger partial charge in [0.2, 0.25) is 0 Å². The molecule has 0 radical (unpaired) electrons. The molecular weight excluding hydrogens is 364 g/mol. The van der Waals surface area contributed by atoms with Crippen LogP contribution in [0, 0.1) is 6.92 Å². The first kappa shape index (κ1) is 19.4. The van der Waals surface area contributed by atoms with Crippen molar-refractivity contribution < 1.29 is 14.3 Å². The van der Waals surface area contributed by atoms with Gasteiger partial charge >= 0.3 is 11.8 Å². The zero-order valence-corrected chi connectivity index (χ0v) is 16.0. The fraction of sp³-hybridized carbons (Fsp3) is 0.333. The number of anilines is 1. The predicted molar refractivity (Wildman–Crippen MR) is 106 cm³/mol. The van der Waals surface area contributed by atoms with Crippen molar-refractivity contribution in [3.8, 4) is 0 Å². The van der Waals surface area contributed by atoms with Crippen molar-refractivity contribution in [2.24, 2.45) is 0 Å². The number of amides is 2. The van der Waals surface area contributed by atoms with E-state index in [1.54, 1.807) is 18.2 Å². The third-order valence-electron chi connectivity index (χ3n) is 5.06. The number of aryl methyl sites for hydroxylation is 1. The summed E-state index contributed by atoms with van der Waals surface area (Å²) in [5.74, 6) is -1.36. The topological polar surface area (TPSA) is 67.4 Å². The van der Waals surface area contributed by atoms with Crippen molar-refractivity contribution >= 4 is 29.1 Å². The van der Waals surface area contributed by atoms with Gasteiger partial charge in [-0.25, -0.2) is 0 Å². The third-order valence-corrected chi connectivity index (χ3v) is 5.47. The number of carbonyl (C=O) groups excluding carboxylic acids is 2. The molecule has 1 heterocycles. The summed E-state index contributed by atoms with van der Waals surface area (Å²) >= 11 is 6.06. The molecule has 5 nitrogen and oxygen atoms in total. The van der Waals surface area contributed by atoms with Gasteiger partial charge in [-0.2, -0.15) is 0 Å². The van der Waals surface area contributed by atoms with Gasteiger partial charge in [0.15, 0.2) is 0 Å². The van der Waals surface area contributed by atoms with Gasteiger partial charge in [0.25, 0.3) is 0 Å². The highest BCUT2D eigenvalue weighted by Crippen LogP contribution is 2.34. The molecule has 2 amide bonds. The molecular formula is C21H23ClN2O3. The highest BCUT2D eigenvalue weighted by molar-refractivity contribution is 6.40. The number of hydrogen-bond acceptors (Lipinski definition) is 3. The molecule has 2 aromatic carbocycles. The lowest BCUT2D eigenvalue weighted by molar-refractivity contribution is -0.136. The predicted octanol–water partition coefficient (Wildman–Crippen LogP) is 3.45. The van der Waals surface area contributed by atoms with Crippen LogP contribution in [0.15, 0.2) is 48.5 Å². The first-order chi connectivity index (χ1) is 13.0. The number of nitrogens with one attached hydrogen (secondary N) is 2. The molecule has 0 saturated carbocycles. The number of ether oxygens (including phenoxy) is 1. The molecule has 0 aromatic heterocycles. The molecule has 0 spiro atoms.